The molecule has 3 aliphatic rings. The summed E-state index contributed by atoms with van der Waals surface area (Å²) in [5.74, 6) is -1.16. The van der Waals surface area contributed by atoms with Gasteiger partial charge in [-0.2, -0.15) is 0 Å². The minimum absolute atomic E-state index is 0.255. The van der Waals surface area contributed by atoms with Crippen molar-refractivity contribution in [3.63, 3.8) is 0 Å². The third-order valence-corrected chi connectivity index (χ3v) is 6.27. The molecule has 1 amide bonds. The van der Waals surface area contributed by atoms with Gasteiger partial charge < -0.3 is 20.1 Å². The van der Waals surface area contributed by atoms with Crippen molar-refractivity contribution in [1.82, 2.24) is 15.8 Å². The number of amides is 1. The molecule has 2 aromatic rings. The van der Waals surface area contributed by atoms with Crippen molar-refractivity contribution in [2.45, 2.75) is 38.8 Å². The SMILES string of the molecule is CC(C)(C)OC(=O)C1CNCCN1CC1=C2C(=O)N(c3ccc(OC(F)(F)F)cc3)NN2c2ccccc2N1. The number of piperazine rings is 1. The molecule has 0 saturated carbocycles. The van der Waals surface area contributed by atoms with E-state index in [2.05, 4.69) is 20.9 Å². The Morgan fingerprint density at radius 2 is 1.77 bits per heavy atom. The number of benzene rings is 2. The number of hydrogen-bond acceptors (Lipinski definition) is 9. The fourth-order valence-electron chi connectivity index (χ4n) is 4.66. The lowest BCUT2D eigenvalue weighted by Crippen LogP contribution is -2.57. The maximum Gasteiger partial charge on any atom is 0.573 e. The third kappa shape index (κ3) is 5.79. The van der Waals surface area contributed by atoms with E-state index in [-0.39, 0.29) is 12.5 Å². The van der Waals surface area contributed by atoms with Crippen LogP contribution >= 0.6 is 0 Å². The molecule has 0 spiro atoms. The number of esters is 1. The van der Waals surface area contributed by atoms with Gasteiger partial charge in [0.2, 0.25) is 0 Å². The molecule has 5 rings (SSSR count). The highest BCUT2D eigenvalue weighted by Crippen LogP contribution is 2.39. The van der Waals surface area contributed by atoms with Crippen LogP contribution in [0.5, 0.6) is 5.75 Å². The lowest BCUT2D eigenvalue weighted by Gasteiger charge is -2.38. The Morgan fingerprint density at radius 1 is 1.05 bits per heavy atom. The standard InChI is InChI=1S/C26H29F3N6O4/c1-25(2,3)39-24(37)21-14-30-12-13-33(21)15-19-22-23(36)34(16-8-10-17(11-9-16)38-26(27,28)29)32-35(22)20-7-5-4-6-18(20)31-19/h4-11,21,30-32H,12-15H2,1-3H3. The number of rotatable bonds is 5. The number of hydrogen-bond donors (Lipinski definition) is 3. The zero-order chi connectivity index (χ0) is 27.9. The van der Waals surface area contributed by atoms with Crippen LogP contribution in [0.2, 0.25) is 0 Å². The summed E-state index contributed by atoms with van der Waals surface area (Å²) in [5, 5.41) is 9.46. The molecule has 2 aromatic carbocycles. The summed E-state index contributed by atoms with van der Waals surface area (Å²) in [6, 6.07) is 11.8. The quantitative estimate of drug-likeness (QED) is 0.489. The van der Waals surface area contributed by atoms with Crippen molar-refractivity contribution in [3.05, 3.63) is 59.9 Å². The lowest BCUT2D eigenvalue weighted by molar-refractivity contribution is -0.274. The molecule has 0 aliphatic carbocycles. The summed E-state index contributed by atoms with van der Waals surface area (Å²) in [5.41, 5.74) is 5.04. The van der Waals surface area contributed by atoms with Crippen LogP contribution in [0.3, 0.4) is 0 Å². The molecule has 2 saturated heterocycles. The summed E-state index contributed by atoms with van der Waals surface area (Å²) in [6.07, 6.45) is -4.82. The fourth-order valence-corrected chi connectivity index (χ4v) is 4.66. The first-order chi connectivity index (χ1) is 18.4. The number of fused-ring (bicyclic) bond motifs is 3. The van der Waals surface area contributed by atoms with E-state index in [1.807, 2.05) is 49.9 Å². The molecule has 3 aliphatic heterocycles. The summed E-state index contributed by atoms with van der Waals surface area (Å²) in [7, 11) is 0. The van der Waals surface area contributed by atoms with Gasteiger partial charge in [-0.25, -0.2) is 10.0 Å². The Morgan fingerprint density at radius 3 is 2.46 bits per heavy atom. The predicted molar refractivity (Wildman–Crippen MR) is 137 cm³/mol. The van der Waals surface area contributed by atoms with Crippen LogP contribution in [0.4, 0.5) is 30.2 Å². The summed E-state index contributed by atoms with van der Waals surface area (Å²) in [4.78, 5) is 28.7. The van der Waals surface area contributed by atoms with E-state index >= 15 is 0 Å². The van der Waals surface area contributed by atoms with Crippen LogP contribution in [0.25, 0.3) is 0 Å². The topological polar surface area (TPSA) is 98.4 Å². The summed E-state index contributed by atoms with van der Waals surface area (Å²) >= 11 is 0. The second kappa shape index (κ2) is 10.1. The highest BCUT2D eigenvalue weighted by atomic mass is 19.4. The Hall–Kier alpha value is -3.81. The van der Waals surface area contributed by atoms with Crippen molar-refractivity contribution in [2.75, 3.05) is 41.5 Å². The third-order valence-electron chi connectivity index (χ3n) is 6.27. The minimum Gasteiger partial charge on any atom is -0.459 e. The number of anilines is 3. The average molecular weight is 547 g/mol. The molecule has 13 heteroatoms. The van der Waals surface area contributed by atoms with E-state index in [0.29, 0.717) is 42.4 Å². The van der Waals surface area contributed by atoms with E-state index in [4.69, 9.17) is 4.74 Å². The first-order valence-electron chi connectivity index (χ1n) is 12.4. The van der Waals surface area contributed by atoms with Gasteiger partial charge in [-0.1, -0.05) is 12.1 Å². The van der Waals surface area contributed by atoms with Crippen molar-refractivity contribution in [3.8, 4) is 5.75 Å². The molecule has 0 aromatic heterocycles. The number of hydrazine groups is 2. The van der Waals surface area contributed by atoms with E-state index in [0.717, 1.165) is 17.8 Å². The number of halogens is 3. The molecular weight excluding hydrogens is 517 g/mol. The smallest absolute Gasteiger partial charge is 0.459 e. The van der Waals surface area contributed by atoms with E-state index in [1.165, 1.54) is 17.1 Å². The van der Waals surface area contributed by atoms with Crippen LogP contribution in [0, 0.1) is 0 Å². The van der Waals surface area contributed by atoms with Gasteiger partial charge in [0.1, 0.15) is 23.1 Å². The lowest BCUT2D eigenvalue weighted by atomic mass is 10.1. The number of para-hydroxylation sites is 2. The Labute approximate surface area is 223 Å². The van der Waals surface area contributed by atoms with Gasteiger partial charge in [0, 0.05) is 26.2 Å². The highest BCUT2D eigenvalue weighted by molar-refractivity contribution is 6.12. The van der Waals surface area contributed by atoms with Gasteiger partial charge >= 0.3 is 12.3 Å². The first kappa shape index (κ1) is 26.8. The molecule has 0 bridgehead atoms. The number of carbonyl (C=O) groups excluding carboxylic acids is 2. The van der Waals surface area contributed by atoms with Gasteiger partial charge in [-0.05, 0) is 57.2 Å². The predicted octanol–water partition coefficient (Wildman–Crippen LogP) is 3.11. The zero-order valence-corrected chi connectivity index (χ0v) is 21.6. The van der Waals surface area contributed by atoms with E-state index in [9.17, 15) is 22.8 Å². The number of nitrogens with zero attached hydrogens (tertiary/aromatic N) is 3. The van der Waals surface area contributed by atoms with Crippen molar-refractivity contribution < 1.29 is 32.2 Å². The van der Waals surface area contributed by atoms with Gasteiger partial charge in [0.25, 0.3) is 5.91 Å². The molecule has 3 N–H and O–H groups in total. The largest absolute Gasteiger partial charge is 0.573 e. The second-order valence-electron chi connectivity index (χ2n) is 10.3. The van der Waals surface area contributed by atoms with Crippen LogP contribution in [0.15, 0.2) is 59.9 Å². The molecule has 0 radical (unpaired) electrons. The molecule has 10 nitrogen and oxygen atoms in total. The second-order valence-corrected chi connectivity index (χ2v) is 10.3. The fraction of sp³-hybridized carbons (Fsp3) is 0.385. The Bertz CT molecular complexity index is 1290. The molecular formula is C26H29F3N6O4. The van der Waals surface area contributed by atoms with Gasteiger partial charge in [0.15, 0.2) is 0 Å². The minimum atomic E-state index is -4.82. The first-order valence-corrected chi connectivity index (χ1v) is 12.4. The van der Waals surface area contributed by atoms with Gasteiger partial charge in [0.05, 0.1) is 22.8 Å². The van der Waals surface area contributed by atoms with Crippen LogP contribution in [-0.4, -0.2) is 61.0 Å². The number of carbonyl (C=O) groups is 2. The number of nitrogens with one attached hydrogen (secondary N) is 3. The van der Waals surface area contributed by atoms with Gasteiger partial charge in [-0.3, -0.25) is 14.5 Å². The average Bonchev–Trinajstić information content (AvgIpc) is 3.20. The summed E-state index contributed by atoms with van der Waals surface area (Å²) < 4.78 is 47.3. The molecule has 208 valence electrons. The molecule has 39 heavy (non-hydrogen) atoms. The van der Waals surface area contributed by atoms with Crippen LogP contribution < -0.4 is 30.9 Å². The maximum absolute atomic E-state index is 13.7. The Kier molecular flexibility index (Phi) is 6.91. The maximum atomic E-state index is 13.7. The normalized spacial score (nSPS) is 19.9. The Balaban J connectivity index is 1.45. The van der Waals surface area contributed by atoms with Crippen molar-refractivity contribution in [1.29, 1.82) is 0 Å². The highest BCUT2D eigenvalue weighted by Gasteiger charge is 2.42. The molecule has 1 atom stereocenters. The zero-order valence-electron chi connectivity index (χ0n) is 21.6. The van der Waals surface area contributed by atoms with E-state index in [1.54, 1.807) is 5.01 Å². The van der Waals surface area contributed by atoms with Gasteiger partial charge in [-0.15, -0.1) is 18.7 Å². The van der Waals surface area contributed by atoms with Crippen LogP contribution in [-0.2, 0) is 14.3 Å². The monoisotopic (exact) mass is 546 g/mol. The van der Waals surface area contributed by atoms with Crippen molar-refractivity contribution in [2.24, 2.45) is 0 Å². The number of ether oxygens (including phenoxy) is 2. The van der Waals surface area contributed by atoms with E-state index < -0.39 is 29.7 Å². The molecule has 3 heterocycles. The van der Waals surface area contributed by atoms with Crippen molar-refractivity contribution >= 4 is 28.9 Å². The molecule has 1 unspecified atom stereocenters. The summed E-state index contributed by atoms with van der Waals surface area (Å²) in [6.45, 7) is 7.31. The van der Waals surface area contributed by atoms with Crippen LogP contribution in [0.1, 0.15) is 20.8 Å². The molecule has 2 fully saturated rings. The number of alkyl halides is 3.